The average Bonchev–Trinajstić information content (AvgIpc) is 3.52. The third-order valence-electron chi connectivity index (χ3n) is 9.92. The van der Waals surface area contributed by atoms with Gasteiger partial charge in [-0.25, -0.2) is 0 Å². The Morgan fingerprint density at radius 1 is 1.08 bits per heavy atom. The number of nitriles is 1. The molecule has 0 spiro atoms. The zero-order chi connectivity index (χ0) is 33.5. The lowest BCUT2D eigenvalue weighted by molar-refractivity contribution is -0.133. The first-order valence-corrected chi connectivity index (χ1v) is 17.6. The number of nitrogens with one attached hydrogen (secondary N) is 1. The minimum absolute atomic E-state index is 0.0768. The lowest BCUT2D eigenvalue weighted by atomic mass is 10.0. The summed E-state index contributed by atoms with van der Waals surface area (Å²) in [5.74, 6) is 0.938. The normalized spacial score (nSPS) is 19.8. The highest BCUT2D eigenvalue weighted by Gasteiger charge is 2.34. The lowest BCUT2D eigenvalue weighted by Crippen LogP contribution is -2.56. The summed E-state index contributed by atoms with van der Waals surface area (Å²) in [6.07, 6.45) is 4.59. The number of nitrogens with zero attached hydrogens (tertiary/aromatic N) is 7. The molecule has 2 fully saturated rings. The van der Waals surface area contributed by atoms with Gasteiger partial charge in [-0.3, -0.25) is 4.79 Å². The number of carbonyl (C=O) groups is 1. The molecule has 48 heavy (non-hydrogen) atoms. The summed E-state index contributed by atoms with van der Waals surface area (Å²) in [4.78, 5) is 32.2. The maximum Gasteiger partial charge on any atom is 0.318 e. The summed E-state index contributed by atoms with van der Waals surface area (Å²) in [5.41, 5.74) is 3.15. The maximum absolute atomic E-state index is 13.3. The number of aromatic nitrogens is 2. The van der Waals surface area contributed by atoms with E-state index < -0.39 is 0 Å². The van der Waals surface area contributed by atoms with Crippen molar-refractivity contribution in [1.29, 1.82) is 5.26 Å². The summed E-state index contributed by atoms with van der Waals surface area (Å²) in [6.45, 7) is 6.82. The van der Waals surface area contributed by atoms with E-state index in [1.165, 1.54) is 0 Å². The Morgan fingerprint density at radius 2 is 1.94 bits per heavy atom. The first kappa shape index (κ1) is 34.2. The van der Waals surface area contributed by atoms with Crippen molar-refractivity contribution >= 4 is 39.8 Å². The summed E-state index contributed by atoms with van der Waals surface area (Å²) < 4.78 is 11.4. The molecule has 256 valence electrons. The summed E-state index contributed by atoms with van der Waals surface area (Å²) in [5, 5.41) is 16.0. The monoisotopic (exact) mass is 674 g/mol. The second kappa shape index (κ2) is 16.1. The highest BCUT2D eigenvalue weighted by Crippen LogP contribution is 2.37. The number of ether oxygens (including phenoxy) is 2. The number of methoxy groups -OCH3 is 1. The molecule has 1 N–H and O–H groups in total. The molecular formula is C36H47ClN8O3. The van der Waals surface area contributed by atoms with E-state index in [9.17, 15) is 10.1 Å². The Balaban J connectivity index is 1.24. The number of benzene rings is 2. The van der Waals surface area contributed by atoms with Crippen LogP contribution in [0.1, 0.15) is 43.4 Å². The van der Waals surface area contributed by atoms with Gasteiger partial charge in [-0.15, -0.1) is 0 Å². The van der Waals surface area contributed by atoms with E-state index in [-0.39, 0.29) is 18.4 Å². The Hall–Kier alpha value is -3.69. The molecule has 3 aromatic rings. The lowest BCUT2D eigenvalue weighted by Gasteiger charge is -2.42. The third-order valence-corrected chi connectivity index (χ3v) is 10.2. The van der Waals surface area contributed by atoms with Crippen molar-refractivity contribution in [2.75, 3.05) is 83.0 Å². The second-order valence-electron chi connectivity index (χ2n) is 13.0. The summed E-state index contributed by atoms with van der Waals surface area (Å²) in [7, 11) is 3.83. The number of fused-ring (bicyclic) bond motifs is 2. The maximum atomic E-state index is 13.3. The van der Waals surface area contributed by atoms with Crippen LogP contribution >= 0.6 is 11.6 Å². The molecule has 2 atom stereocenters. The van der Waals surface area contributed by atoms with Crippen molar-refractivity contribution in [3.63, 3.8) is 0 Å². The molecule has 2 aromatic carbocycles. The number of hydrogen-bond acceptors (Lipinski definition) is 10. The Kier molecular flexibility index (Phi) is 11.5. The van der Waals surface area contributed by atoms with Crippen LogP contribution in [0, 0.1) is 11.3 Å². The summed E-state index contributed by atoms with van der Waals surface area (Å²) in [6, 6.07) is 15.2. The van der Waals surface area contributed by atoms with E-state index in [0.717, 1.165) is 83.9 Å². The molecule has 12 heteroatoms. The molecule has 0 saturated carbocycles. The van der Waals surface area contributed by atoms with Gasteiger partial charge in [-0.2, -0.15) is 15.2 Å². The first-order chi connectivity index (χ1) is 23.5. The number of carbonyl (C=O) groups excluding carboxylic acids is 1. The van der Waals surface area contributed by atoms with Crippen molar-refractivity contribution < 1.29 is 14.3 Å². The number of rotatable bonds is 13. The SMILES string of the molecule is COCCCNCCC(=O)N1CCN(c2nc(OC[C@@H]3CCCN3C)nc3c2CCN(c2cccc4cccc(Cl)c24)C3)C[C@@H]1CC#N. The molecule has 1 amide bonds. The number of likely N-dealkylation sites (N-methyl/N-ethyl adjacent to an activating group) is 1. The van der Waals surface area contributed by atoms with Crippen molar-refractivity contribution in [3.8, 4) is 12.1 Å². The molecule has 1 aromatic heterocycles. The van der Waals surface area contributed by atoms with Crippen molar-refractivity contribution in [2.45, 2.75) is 57.2 Å². The zero-order valence-corrected chi connectivity index (χ0v) is 28.9. The van der Waals surface area contributed by atoms with Crippen LogP contribution < -0.4 is 19.9 Å². The second-order valence-corrected chi connectivity index (χ2v) is 13.4. The standard InChI is InChI=1S/C36H47ClN8O3/c1-42-18-5-9-28(42)25-48-36-40-31-24-43(32-11-4-8-26-7-3-10-30(37)34(26)32)19-14-29(31)35(41-36)44-20-21-45(27(23-44)12-15-38)33(46)13-17-39-16-6-22-47-2/h3-4,7-8,10-11,27-28,39H,5-6,9,12-14,16-25H2,1-2H3/t27-,28-/m0/s1. The highest BCUT2D eigenvalue weighted by atomic mass is 35.5. The average molecular weight is 675 g/mol. The minimum atomic E-state index is -0.218. The largest absolute Gasteiger partial charge is 0.462 e. The molecule has 0 aliphatic carbocycles. The van der Waals surface area contributed by atoms with Crippen LogP contribution in [0.2, 0.25) is 5.02 Å². The zero-order valence-electron chi connectivity index (χ0n) is 28.2. The van der Waals surface area contributed by atoms with Crippen LogP contribution in [0.3, 0.4) is 0 Å². The number of hydrogen-bond donors (Lipinski definition) is 1. The summed E-state index contributed by atoms with van der Waals surface area (Å²) >= 11 is 6.73. The van der Waals surface area contributed by atoms with Gasteiger partial charge in [-0.05, 0) is 63.3 Å². The quantitative estimate of drug-likeness (QED) is 0.264. The number of amides is 1. The first-order valence-electron chi connectivity index (χ1n) is 17.2. The van der Waals surface area contributed by atoms with Gasteiger partial charge < -0.3 is 34.4 Å². The fourth-order valence-corrected chi connectivity index (χ4v) is 7.56. The van der Waals surface area contributed by atoms with Crippen LogP contribution in [0.5, 0.6) is 6.01 Å². The third kappa shape index (κ3) is 7.78. The molecule has 2 saturated heterocycles. The predicted octanol–water partition coefficient (Wildman–Crippen LogP) is 4.27. The predicted molar refractivity (Wildman–Crippen MR) is 189 cm³/mol. The van der Waals surface area contributed by atoms with Crippen LogP contribution in [0.15, 0.2) is 36.4 Å². The molecule has 0 bridgehead atoms. The number of piperazine rings is 1. The molecular weight excluding hydrogens is 628 g/mol. The highest BCUT2D eigenvalue weighted by molar-refractivity contribution is 6.36. The minimum Gasteiger partial charge on any atom is -0.462 e. The van der Waals surface area contributed by atoms with E-state index >= 15 is 0 Å². The molecule has 6 rings (SSSR count). The van der Waals surface area contributed by atoms with E-state index in [0.29, 0.717) is 64.4 Å². The number of anilines is 2. The molecule has 3 aliphatic rings. The van der Waals surface area contributed by atoms with Gasteiger partial charge in [0, 0.05) is 75.5 Å². The molecule has 4 heterocycles. The number of likely N-dealkylation sites (tertiary alicyclic amines) is 1. The Labute approximate surface area is 288 Å². The van der Waals surface area contributed by atoms with Crippen LogP contribution in [-0.2, 0) is 22.5 Å². The Bertz CT molecular complexity index is 1610. The molecule has 0 radical (unpaired) electrons. The molecule has 3 aliphatic heterocycles. The smallest absolute Gasteiger partial charge is 0.318 e. The van der Waals surface area contributed by atoms with Gasteiger partial charge in [0.2, 0.25) is 5.91 Å². The van der Waals surface area contributed by atoms with Gasteiger partial charge >= 0.3 is 6.01 Å². The van der Waals surface area contributed by atoms with Gasteiger partial charge in [0.25, 0.3) is 0 Å². The number of halogens is 1. The van der Waals surface area contributed by atoms with Gasteiger partial charge in [-0.1, -0.05) is 35.9 Å². The fourth-order valence-electron chi connectivity index (χ4n) is 7.28. The van der Waals surface area contributed by atoms with E-state index in [2.05, 4.69) is 57.4 Å². The van der Waals surface area contributed by atoms with E-state index in [4.69, 9.17) is 31.0 Å². The van der Waals surface area contributed by atoms with Gasteiger partial charge in [0.05, 0.1) is 35.8 Å². The fraction of sp³-hybridized carbons (Fsp3) is 0.556. The van der Waals surface area contributed by atoms with Crippen molar-refractivity contribution in [1.82, 2.24) is 25.1 Å². The van der Waals surface area contributed by atoms with Gasteiger partial charge in [0.1, 0.15) is 12.4 Å². The van der Waals surface area contributed by atoms with Crippen LogP contribution in [0.4, 0.5) is 11.5 Å². The van der Waals surface area contributed by atoms with Crippen molar-refractivity contribution in [2.24, 2.45) is 0 Å². The van der Waals surface area contributed by atoms with E-state index in [1.54, 1.807) is 7.11 Å². The molecule has 11 nitrogen and oxygen atoms in total. The van der Waals surface area contributed by atoms with Crippen LogP contribution in [-0.4, -0.2) is 111 Å². The molecule has 0 unspecified atom stereocenters. The van der Waals surface area contributed by atoms with Gasteiger partial charge in [0.15, 0.2) is 0 Å². The van der Waals surface area contributed by atoms with Crippen molar-refractivity contribution in [3.05, 3.63) is 52.7 Å². The van der Waals surface area contributed by atoms with Crippen LogP contribution in [0.25, 0.3) is 10.8 Å². The van der Waals surface area contributed by atoms with E-state index in [1.807, 2.05) is 17.0 Å². The Morgan fingerprint density at radius 3 is 2.73 bits per heavy atom. The topological polar surface area (TPSA) is 110 Å².